The number of nitrogens with two attached hydrogens (primary N) is 1. The molecule has 1 aromatic rings. The van der Waals surface area contributed by atoms with Gasteiger partial charge >= 0.3 is 0 Å². The van der Waals surface area contributed by atoms with Crippen molar-refractivity contribution in [3.8, 4) is 0 Å². The number of nitrogens with one attached hydrogen (secondary N) is 1. The minimum Gasteiger partial charge on any atom is -0.397 e. The average molecular weight is 337 g/mol. The van der Waals surface area contributed by atoms with Crippen LogP contribution in [0.4, 0.5) is 15.8 Å². The van der Waals surface area contributed by atoms with E-state index in [1.165, 1.54) is 6.07 Å². The van der Waals surface area contributed by atoms with Gasteiger partial charge in [0.25, 0.3) is 0 Å². The van der Waals surface area contributed by atoms with E-state index in [1.807, 2.05) is 43.6 Å². The normalized spacial score (nSPS) is 12.9. The van der Waals surface area contributed by atoms with Crippen molar-refractivity contribution in [2.45, 2.75) is 13.0 Å². The number of hydrogen-bond donors (Lipinski definition) is 2. The summed E-state index contributed by atoms with van der Waals surface area (Å²) >= 11 is 1.93. The van der Waals surface area contributed by atoms with Crippen LogP contribution in [0.15, 0.2) is 12.1 Å². The summed E-state index contributed by atoms with van der Waals surface area (Å²) in [5, 5.41) is 3.20. The molecule has 0 aliphatic rings. The van der Waals surface area contributed by atoms with Gasteiger partial charge in [-0.2, -0.15) is 0 Å². The maximum Gasteiger partial charge on any atom is 0.138 e. The van der Waals surface area contributed by atoms with E-state index in [9.17, 15) is 4.39 Å². The summed E-state index contributed by atoms with van der Waals surface area (Å²) in [7, 11) is 3.99. The quantitative estimate of drug-likeness (QED) is 0.655. The highest BCUT2D eigenvalue weighted by Crippen LogP contribution is 2.24. The molecule has 1 rings (SSSR count). The van der Waals surface area contributed by atoms with Crippen molar-refractivity contribution in [3.05, 3.63) is 21.5 Å². The minimum absolute atomic E-state index is 0.219. The number of benzene rings is 1. The Morgan fingerprint density at radius 3 is 2.69 bits per heavy atom. The first-order chi connectivity index (χ1) is 7.40. The second-order valence-electron chi connectivity index (χ2n) is 4.16. The lowest BCUT2D eigenvalue weighted by Gasteiger charge is -2.20. The minimum atomic E-state index is -0.241. The Balaban J connectivity index is 2.77. The molecule has 0 amide bonds. The largest absolute Gasteiger partial charge is 0.397 e. The van der Waals surface area contributed by atoms with Crippen molar-refractivity contribution in [2.24, 2.45) is 0 Å². The summed E-state index contributed by atoms with van der Waals surface area (Å²) < 4.78 is 13.9. The molecule has 16 heavy (non-hydrogen) atoms. The highest BCUT2D eigenvalue weighted by atomic mass is 127. The monoisotopic (exact) mass is 337 g/mol. The Morgan fingerprint density at radius 2 is 2.12 bits per heavy atom. The number of rotatable bonds is 4. The summed E-state index contributed by atoms with van der Waals surface area (Å²) in [6, 6.07) is 3.31. The molecule has 0 aliphatic carbocycles. The number of halogens is 2. The second kappa shape index (κ2) is 5.67. The zero-order valence-corrected chi connectivity index (χ0v) is 11.9. The molecular formula is C11H17FIN3. The van der Waals surface area contributed by atoms with Gasteiger partial charge < -0.3 is 16.0 Å². The SMILES string of the molecule is CC(CN(C)C)Nc1cc(F)c(I)cc1N. The zero-order chi connectivity index (χ0) is 12.3. The molecule has 1 unspecified atom stereocenters. The fourth-order valence-electron chi connectivity index (χ4n) is 1.55. The van der Waals surface area contributed by atoms with Crippen LogP contribution in [0.1, 0.15) is 6.92 Å². The third kappa shape index (κ3) is 3.79. The molecule has 0 fully saturated rings. The highest BCUT2D eigenvalue weighted by Gasteiger charge is 2.09. The molecule has 3 N–H and O–H groups in total. The van der Waals surface area contributed by atoms with Crippen LogP contribution in [0.5, 0.6) is 0 Å². The molecule has 90 valence electrons. The molecule has 0 spiro atoms. The van der Waals surface area contributed by atoms with Gasteiger partial charge in [0.05, 0.1) is 14.9 Å². The van der Waals surface area contributed by atoms with Crippen LogP contribution >= 0.6 is 22.6 Å². The molecule has 0 saturated carbocycles. The van der Waals surface area contributed by atoms with E-state index in [-0.39, 0.29) is 11.9 Å². The second-order valence-corrected chi connectivity index (χ2v) is 5.32. The lowest BCUT2D eigenvalue weighted by atomic mass is 10.2. The van der Waals surface area contributed by atoms with Gasteiger partial charge in [0, 0.05) is 18.7 Å². The number of hydrogen-bond acceptors (Lipinski definition) is 3. The molecule has 0 bridgehead atoms. The Bertz CT molecular complexity index is 368. The topological polar surface area (TPSA) is 41.3 Å². The van der Waals surface area contributed by atoms with Crippen LogP contribution in [-0.4, -0.2) is 31.6 Å². The molecule has 3 nitrogen and oxygen atoms in total. The van der Waals surface area contributed by atoms with Crippen molar-refractivity contribution in [1.29, 1.82) is 0 Å². The molecule has 1 atom stereocenters. The van der Waals surface area contributed by atoms with Gasteiger partial charge in [-0.05, 0) is 49.7 Å². The van der Waals surface area contributed by atoms with Gasteiger partial charge in [-0.25, -0.2) is 4.39 Å². The van der Waals surface area contributed by atoms with Crippen molar-refractivity contribution in [1.82, 2.24) is 4.90 Å². The standard InChI is InChI=1S/C11H17FIN3/c1-7(6-16(2)3)15-11-4-8(12)9(13)5-10(11)14/h4-5,7,15H,6,14H2,1-3H3. The van der Waals surface area contributed by atoms with Crippen LogP contribution in [0, 0.1) is 9.39 Å². The predicted octanol–water partition coefficient (Wildman–Crippen LogP) is 2.37. The maximum atomic E-state index is 13.4. The fourth-order valence-corrected chi connectivity index (χ4v) is 2.04. The van der Waals surface area contributed by atoms with E-state index >= 15 is 0 Å². The summed E-state index contributed by atoms with van der Waals surface area (Å²) in [6.07, 6.45) is 0. The van der Waals surface area contributed by atoms with Gasteiger partial charge in [0.1, 0.15) is 5.82 Å². The summed E-state index contributed by atoms with van der Waals surface area (Å²) in [6.45, 7) is 2.91. The highest BCUT2D eigenvalue weighted by molar-refractivity contribution is 14.1. The summed E-state index contributed by atoms with van der Waals surface area (Å²) in [4.78, 5) is 2.07. The van der Waals surface area contributed by atoms with Gasteiger partial charge in [-0.15, -0.1) is 0 Å². The summed E-state index contributed by atoms with van der Waals surface area (Å²) in [5.74, 6) is -0.241. The van der Waals surface area contributed by atoms with Gasteiger partial charge in [-0.3, -0.25) is 0 Å². The Hall–Kier alpha value is -0.560. The number of anilines is 2. The average Bonchev–Trinajstić information content (AvgIpc) is 2.12. The molecule has 0 radical (unpaired) electrons. The van der Waals surface area contributed by atoms with Crippen LogP contribution in [0.3, 0.4) is 0 Å². The number of nitrogen functional groups attached to an aromatic ring is 1. The third-order valence-corrected chi connectivity index (χ3v) is 2.96. The Kier molecular flexibility index (Phi) is 4.79. The van der Waals surface area contributed by atoms with E-state index in [4.69, 9.17) is 5.73 Å². The Morgan fingerprint density at radius 1 is 1.50 bits per heavy atom. The molecule has 0 heterocycles. The van der Waals surface area contributed by atoms with Crippen molar-refractivity contribution in [2.75, 3.05) is 31.7 Å². The molecule has 5 heteroatoms. The number of likely N-dealkylation sites (N-methyl/N-ethyl adjacent to an activating group) is 1. The molecular weight excluding hydrogens is 320 g/mol. The molecule has 0 saturated heterocycles. The number of nitrogens with zero attached hydrogens (tertiary/aromatic N) is 1. The van der Waals surface area contributed by atoms with Gasteiger partial charge in [0.15, 0.2) is 0 Å². The van der Waals surface area contributed by atoms with Gasteiger partial charge in [-0.1, -0.05) is 0 Å². The van der Waals surface area contributed by atoms with E-state index in [0.29, 0.717) is 14.9 Å². The first kappa shape index (κ1) is 13.5. The van der Waals surface area contributed by atoms with E-state index in [2.05, 4.69) is 10.2 Å². The van der Waals surface area contributed by atoms with Crippen LogP contribution in [0.25, 0.3) is 0 Å². The van der Waals surface area contributed by atoms with Crippen molar-refractivity contribution in [3.63, 3.8) is 0 Å². The van der Waals surface area contributed by atoms with Gasteiger partial charge in [0.2, 0.25) is 0 Å². The zero-order valence-electron chi connectivity index (χ0n) is 9.72. The van der Waals surface area contributed by atoms with Crippen molar-refractivity contribution < 1.29 is 4.39 Å². The summed E-state index contributed by atoms with van der Waals surface area (Å²) in [5.41, 5.74) is 7.06. The van der Waals surface area contributed by atoms with E-state index in [0.717, 1.165) is 6.54 Å². The molecule has 1 aromatic carbocycles. The first-order valence-electron chi connectivity index (χ1n) is 5.06. The van der Waals surface area contributed by atoms with Crippen molar-refractivity contribution >= 4 is 34.0 Å². The lowest BCUT2D eigenvalue weighted by molar-refractivity contribution is 0.392. The smallest absolute Gasteiger partial charge is 0.138 e. The van der Waals surface area contributed by atoms with E-state index < -0.39 is 0 Å². The molecule has 0 aliphatic heterocycles. The van der Waals surface area contributed by atoms with E-state index in [1.54, 1.807) is 6.07 Å². The molecule has 0 aromatic heterocycles. The first-order valence-corrected chi connectivity index (χ1v) is 6.14. The predicted molar refractivity (Wildman–Crippen MR) is 75.2 cm³/mol. The Labute approximate surface area is 109 Å². The lowest BCUT2D eigenvalue weighted by Crippen LogP contribution is -2.29. The fraction of sp³-hybridized carbons (Fsp3) is 0.455. The van der Waals surface area contributed by atoms with Crippen LogP contribution < -0.4 is 11.1 Å². The van der Waals surface area contributed by atoms with Crippen LogP contribution in [-0.2, 0) is 0 Å². The third-order valence-electron chi connectivity index (χ3n) is 2.13. The van der Waals surface area contributed by atoms with Crippen LogP contribution in [0.2, 0.25) is 0 Å². The maximum absolute atomic E-state index is 13.4.